The maximum absolute atomic E-state index is 12.8. The van der Waals surface area contributed by atoms with Crippen molar-refractivity contribution in [2.45, 2.75) is 51.0 Å². The first-order chi connectivity index (χ1) is 10.2. The van der Waals surface area contributed by atoms with E-state index in [-0.39, 0.29) is 5.92 Å². The Morgan fingerprint density at radius 3 is 2.71 bits per heavy atom. The lowest BCUT2D eigenvalue weighted by molar-refractivity contribution is -0.143. The van der Waals surface area contributed by atoms with Gasteiger partial charge in [0.1, 0.15) is 0 Å². The van der Waals surface area contributed by atoms with Crippen LogP contribution in [0.2, 0.25) is 0 Å². The molecule has 4 nitrogen and oxygen atoms in total. The second kappa shape index (κ2) is 5.24. The van der Waals surface area contributed by atoms with Gasteiger partial charge in [0.2, 0.25) is 5.91 Å². The first-order valence-corrected chi connectivity index (χ1v) is 8.83. The normalized spacial score (nSPS) is 46.2. The van der Waals surface area contributed by atoms with Gasteiger partial charge in [0.15, 0.2) is 0 Å². The molecule has 3 aliphatic carbocycles. The molecule has 2 N–H and O–H groups in total. The molecule has 1 aliphatic heterocycles. The highest BCUT2D eigenvalue weighted by Crippen LogP contribution is 2.61. The second-order valence-corrected chi connectivity index (χ2v) is 7.76. The first-order valence-electron chi connectivity index (χ1n) is 8.83. The largest absolute Gasteiger partial charge is 0.378 e. The van der Waals surface area contributed by atoms with Gasteiger partial charge in [-0.05, 0) is 55.8 Å². The molecule has 3 saturated carbocycles. The maximum Gasteiger partial charge on any atom is 0.225 e. The summed E-state index contributed by atoms with van der Waals surface area (Å²) in [5.41, 5.74) is 6.92. The van der Waals surface area contributed by atoms with Crippen molar-refractivity contribution in [2.75, 3.05) is 26.3 Å². The summed E-state index contributed by atoms with van der Waals surface area (Å²) < 4.78 is 5.37. The molecule has 0 aromatic heterocycles. The minimum Gasteiger partial charge on any atom is -0.378 e. The SMILES string of the molecule is NC1C2CCC(C2)[C@]12CCC[C@@H](C(=O)N1CCOCC1)C2. The fourth-order valence-corrected chi connectivity index (χ4v) is 5.87. The van der Waals surface area contributed by atoms with Gasteiger partial charge in [-0.15, -0.1) is 0 Å². The molecule has 2 bridgehead atoms. The smallest absolute Gasteiger partial charge is 0.225 e. The Kier molecular flexibility index (Phi) is 3.49. The molecule has 4 aliphatic rings. The number of fused-ring (bicyclic) bond motifs is 3. The third-order valence-electron chi connectivity index (χ3n) is 6.95. The zero-order valence-corrected chi connectivity index (χ0v) is 12.9. The number of amides is 1. The zero-order valence-electron chi connectivity index (χ0n) is 12.9. The number of hydrogen-bond acceptors (Lipinski definition) is 3. The average Bonchev–Trinajstić information content (AvgIpc) is 3.11. The van der Waals surface area contributed by atoms with Crippen molar-refractivity contribution in [3.63, 3.8) is 0 Å². The molecule has 3 unspecified atom stereocenters. The highest BCUT2D eigenvalue weighted by atomic mass is 16.5. The van der Waals surface area contributed by atoms with Gasteiger partial charge in [0, 0.05) is 25.0 Å². The number of ether oxygens (including phenoxy) is 1. The van der Waals surface area contributed by atoms with Gasteiger partial charge < -0.3 is 15.4 Å². The van der Waals surface area contributed by atoms with Crippen molar-refractivity contribution in [3.05, 3.63) is 0 Å². The molecular weight excluding hydrogens is 264 g/mol. The van der Waals surface area contributed by atoms with Crippen molar-refractivity contribution in [1.82, 2.24) is 4.90 Å². The quantitative estimate of drug-likeness (QED) is 0.801. The van der Waals surface area contributed by atoms with Crippen LogP contribution in [0.1, 0.15) is 44.9 Å². The molecule has 4 rings (SSSR count). The molecule has 5 atom stereocenters. The topological polar surface area (TPSA) is 55.6 Å². The summed E-state index contributed by atoms with van der Waals surface area (Å²) in [5.74, 6) is 2.15. The number of nitrogens with two attached hydrogens (primary N) is 1. The Balaban J connectivity index is 1.49. The predicted molar refractivity (Wildman–Crippen MR) is 80.6 cm³/mol. The molecule has 0 aromatic carbocycles. The van der Waals surface area contributed by atoms with Crippen molar-refractivity contribution in [1.29, 1.82) is 0 Å². The maximum atomic E-state index is 12.8. The van der Waals surface area contributed by atoms with Crippen LogP contribution in [0.4, 0.5) is 0 Å². The van der Waals surface area contributed by atoms with Gasteiger partial charge in [0.25, 0.3) is 0 Å². The van der Waals surface area contributed by atoms with E-state index >= 15 is 0 Å². The van der Waals surface area contributed by atoms with Crippen LogP contribution >= 0.6 is 0 Å². The Hall–Kier alpha value is -0.610. The molecule has 21 heavy (non-hydrogen) atoms. The van der Waals surface area contributed by atoms with E-state index in [9.17, 15) is 4.79 Å². The summed E-state index contributed by atoms with van der Waals surface area (Å²) in [6.07, 6.45) is 8.61. The van der Waals surface area contributed by atoms with E-state index in [1.807, 2.05) is 4.90 Å². The second-order valence-electron chi connectivity index (χ2n) is 7.76. The van der Waals surface area contributed by atoms with Crippen LogP contribution in [-0.4, -0.2) is 43.2 Å². The Morgan fingerprint density at radius 2 is 2.00 bits per heavy atom. The lowest BCUT2D eigenvalue weighted by atomic mass is 9.59. The summed E-state index contributed by atoms with van der Waals surface area (Å²) >= 11 is 0. The molecule has 0 aromatic rings. The molecule has 118 valence electrons. The Morgan fingerprint density at radius 1 is 1.19 bits per heavy atom. The third-order valence-corrected chi connectivity index (χ3v) is 6.95. The number of nitrogens with zero attached hydrogens (tertiary/aromatic N) is 1. The van der Waals surface area contributed by atoms with E-state index in [0.29, 0.717) is 30.6 Å². The van der Waals surface area contributed by atoms with E-state index in [1.165, 1.54) is 32.1 Å². The van der Waals surface area contributed by atoms with E-state index in [1.54, 1.807) is 0 Å². The summed E-state index contributed by atoms with van der Waals surface area (Å²) in [5, 5.41) is 0. The lowest BCUT2D eigenvalue weighted by Gasteiger charge is -2.48. The van der Waals surface area contributed by atoms with Crippen LogP contribution in [0.25, 0.3) is 0 Å². The number of carbonyl (C=O) groups is 1. The van der Waals surface area contributed by atoms with Gasteiger partial charge in [-0.25, -0.2) is 0 Å². The van der Waals surface area contributed by atoms with Crippen LogP contribution in [0.15, 0.2) is 0 Å². The predicted octanol–water partition coefficient (Wildman–Crippen LogP) is 1.78. The van der Waals surface area contributed by atoms with Crippen LogP contribution in [0.3, 0.4) is 0 Å². The summed E-state index contributed by atoms with van der Waals surface area (Å²) in [6.45, 7) is 2.96. The Labute approximate surface area is 127 Å². The van der Waals surface area contributed by atoms with Gasteiger partial charge in [-0.3, -0.25) is 4.79 Å². The summed E-state index contributed by atoms with van der Waals surface area (Å²) in [6, 6.07) is 0.358. The molecule has 1 saturated heterocycles. The standard InChI is InChI=1S/C17H28N2O2/c18-15-12-3-4-14(10-12)17(15)5-1-2-13(11-17)16(20)19-6-8-21-9-7-19/h12-15H,1-11,18H2/t12?,13-,14?,15?,17-/m1/s1. The molecule has 4 fully saturated rings. The molecular formula is C17H28N2O2. The monoisotopic (exact) mass is 292 g/mol. The van der Waals surface area contributed by atoms with Crippen LogP contribution in [-0.2, 0) is 9.53 Å². The van der Waals surface area contributed by atoms with Crippen LogP contribution in [0, 0.1) is 23.2 Å². The molecule has 1 spiro atoms. The number of morpholine rings is 1. The minimum absolute atomic E-state index is 0.224. The molecule has 1 amide bonds. The average molecular weight is 292 g/mol. The van der Waals surface area contributed by atoms with E-state index < -0.39 is 0 Å². The third kappa shape index (κ3) is 2.14. The molecule has 4 heteroatoms. The van der Waals surface area contributed by atoms with E-state index in [0.717, 1.165) is 37.8 Å². The van der Waals surface area contributed by atoms with Gasteiger partial charge in [-0.2, -0.15) is 0 Å². The number of carbonyl (C=O) groups excluding carboxylic acids is 1. The number of hydrogen-bond donors (Lipinski definition) is 1. The first kappa shape index (κ1) is 14.0. The van der Waals surface area contributed by atoms with Gasteiger partial charge in [0.05, 0.1) is 13.2 Å². The zero-order chi connectivity index (χ0) is 14.4. The van der Waals surface area contributed by atoms with Crippen molar-refractivity contribution < 1.29 is 9.53 Å². The van der Waals surface area contributed by atoms with E-state index in [2.05, 4.69) is 0 Å². The van der Waals surface area contributed by atoms with Gasteiger partial charge in [-0.1, -0.05) is 6.42 Å². The molecule has 1 heterocycles. The van der Waals surface area contributed by atoms with E-state index in [4.69, 9.17) is 10.5 Å². The summed E-state index contributed by atoms with van der Waals surface area (Å²) in [4.78, 5) is 14.9. The lowest BCUT2D eigenvalue weighted by Crippen LogP contribution is -2.52. The van der Waals surface area contributed by atoms with Crippen molar-refractivity contribution in [3.8, 4) is 0 Å². The molecule has 0 radical (unpaired) electrons. The highest BCUT2D eigenvalue weighted by Gasteiger charge is 2.58. The summed E-state index contributed by atoms with van der Waals surface area (Å²) in [7, 11) is 0. The Bertz CT molecular complexity index is 417. The number of rotatable bonds is 1. The van der Waals surface area contributed by atoms with Gasteiger partial charge >= 0.3 is 0 Å². The highest BCUT2D eigenvalue weighted by molar-refractivity contribution is 5.79. The van der Waals surface area contributed by atoms with Crippen molar-refractivity contribution in [2.24, 2.45) is 28.9 Å². The van der Waals surface area contributed by atoms with Crippen LogP contribution in [0.5, 0.6) is 0 Å². The fraction of sp³-hybridized carbons (Fsp3) is 0.941. The van der Waals surface area contributed by atoms with Crippen LogP contribution < -0.4 is 5.73 Å². The minimum atomic E-state index is 0.224. The fourth-order valence-electron chi connectivity index (χ4n) is 5.87. The van der Waals surface area contributed by atoms with Crippen molar-refractivity contribution >= 4 is 5.91 Å².